The predicted molar refractivity (Wildman–Crippen MR) is 139 cm³/mol. The van der Waals surface area contributed by atoms with Gasteiger partial charge in [-0.25, -0.2) is 4.39 Å². The van der Waals surface area contributed by atoms with Crippen LogP contribution in [0.25, 0.3) is 22.2 Å². The zero-order valence-corrected chi connectivity index (χ0v) is 19.7. The minimum atomic E-state index is -0.239. The molecule has 1 heterocycles. The first-order valence-corrected chi connectivity index (χ1v) is 11.9. The van der Waals surface area contributed by atoms with E-state index < -0.39 is 0 Å². The number of fused-ring (bicyclic) bond motifs is 1. The first kappa shape index (κ1) is 22.9. The molecule has 0 atom stereocenters. The highest BCUT2D eigenvalue weighted by Gasteiger charge is 2.21. The molecule has 5 aromatic rings. The van der Waals surface area contributed by atoms with Crippen LogP contribution in [0.15, 0.2) is 97.1 Å². The summed E-state index contributed by atoms with van der Waals surface area (Å²) in [5.41, 5.74) is 6.53. The second kappa shape index (κ2) is 10.2. The minimum Gasteiger partial charge on any atom is -0.489 e. The number of rotatable bonds is 8. The van der Waals surface area contributed by atoms with Gasteiger partial charge in [-0.15, -0.1) is 0 Å². The third-order valence-corrected chi connectivity index (χ3v) is 6.39. The summed E-state index contributed by atoms with van der Waals surface area (Å²) in [7, 11) is 0. The number of halogens is 1. The van der Waals surface area contributed by atoms with Crippen molar-refractivity contribution in [1.29, 1.82) is 0 Å². The van der Waals surface area contributed by atoms with Crippen molar-refractivity contribution >= 4 is 10.9 Å². The molecule has 0 radical (unpaired) electrons. The summed E-state index contributed by atoms with van der Waals surface area (Å²) in [4.78, 5) is 0. The Morgan fingerprint density at radius 3 is 2.26 bits per heavy atom. The summed E-state index contributed by atoms with van der Waals surface area (Å²) >= 11 is 0. The number of hydrogen-bond acceptors (Lipinski definition) is 2. The molecule has 0 fully saturated rings. The number of aromatic nitrogens is 1. The van der Waals surface area contributed by atoms with Crippen LogP contribution in [0.4, 0.5) is 4.39 Å². The third kappa shape index (κ3) is 4.84. The number of aryl methyl sites for hydroxylation is 1. The fourth-order valence-electron chi connectivity index (χ4n) is 4.51. The average molecular weight is 466 g/mol. The second-order valence-corrected chi connectivity index (χ2v) is 8.81. The molecule has 5 rings (SSSR count). The van der Waals surface area contributed by atoms with Gasteiger partial charge in [0.15, 0.2) is 5.82 Å². The lowest BCUT2D eigenvalue weighted by Gasteiger charge is -2.14. The lowest BCUT2D eigenvalue weighted by Crippen LogP contribution is -2.03. The smallest absolute Gasteiger partial charge is 0.156 e. The maximum Gasteiger partial charge on any atom is 0.156 e. The van der Waals surface area contributed by atoms with E-state index in [0.717, 1.165) is 33.3 Å². The third-order valence-electron chi connectivity index (χ3n) is 6.39. The molecule has 1 aromatic heterocycles. The van der Waals surface area contributed by atoms with Gasteiger partial charge in [0.25, 0.3) is 0 Å². The van der Waals surface area contributed by atoms with E-state index in [0.29, 0.717) is 36.4 Å². The van der Waals surface area contributed by atoms with E-state index in [1.807, 2.05) is 97.9 Å². The van der Waals surface area contributed by atoms with E-state index in [4.69, 9.17) is 4.74 Å². The van der Waals surface area contributed by atoms with E-state index in [1.165, 1.54) is 0 Å². The fourth-order valence-corrected chi connectivity index (χ4v) is 4.51. The molecule has 0 aliphatic rings. The molecular formula is C31H28FNO2. The first-order chi connectivity index (χ1) is 17.1. The Kier molecular flexibility index (Phi) is 6.64. The number of benzene rings is 4. The van der Waals surface area contributed by atoms with E-state index in [9.17, 15) is 5.11 Å². The van der Waals surface area contributed by atoms with Crippen LogP contribution in [0.2, 0.25) is 0 Å². The van der Waals surface area contributed by atoms with Gasteiger partial charge in [0.1, 0.15) is 12.4 Å². The van der Waals surface area contributed by atoms with Gasteiger partial charge in [-0.1, -0.05) is 78.9 Å². The number of nitrogens with zero attached hydrogens (tertiary/aromatic N) is 1. The lowest BCUT2D eigenvalue weighted by molar-refractivity contribution is 0.299. The van der Waals surface area contributed by atoms with Crippen molar-refractivity contribution in [3.63, 3.8) is 0 Å². The molecule has 0 aliphatic carbocycles. The molecule has 0 unspecified atom stereocenters. The van der Waals surface area contributed by atoms with Crippen molar-refractivity contribution in [2.45, 2.75) is 26.5 Å². The van der Waals surface area contributed by atoms with Gasteiger partial charge in [-0.05, 0) is 53.8 Å². The van der Waals surface area contributed by atoms with Crippen LogP contribution in [0.5, 0.6) is 5.75 Å². The number of hydrogen-bond donors (Lipinski definition) is 1. The Morgan fingerprint density at radius 1 is 0.800 bits per heavy atom. The molecule has 176 valence electrons. The molecule has 1 N–H and O–H groups in total. The molecule has 35 heavy (non-hydrogen) atoms. The predicted octanol–water partition coefficient (Wildman–Crippen LogP) is 6.92. The van der Waals surface area contributed by atoms with Crippen molar-refractivity contribution in [1.82, 2.24) is 4.57 Å². The van der Waals surface area contributed by atoms with Crippen molar-refractivity contribution in [2.75, 3.05) is 6.61 Å². The van der Waals surface area contributed by atoms with Crippen molar-refractivity contribution in [2.24, 2.45) is 0 Å². The van der Waals surface area contributed by atoms with Gasteiger partial charge in [-0.3, -0.25) is 0 Å². The number of aliphatic hydroxyl groups is 1. The average Bonchev–Trinajstić information content (AvgIpc) is 3.15. The zero-order valence-electron chi connectivity index (χ0n) is 19.7. The van der Waals surface area contributed by atoms with Crippen LogP contribution < -0.4 is 4.74 Å². The maximum absolute atomic E-state index is 16.1. The Labute approximate surface area is 205 Å². The van der Waals surface area contributed by atoms with Crippen molar-refractivity contribution in [3.8, 4) is 17.0 Å². The van der Waals surface area contributed by atoms with Crippen LogP contribution in [-0.2, 0) is 19.6 Å². The highest BCUT2D eigenvalue weighted by molar-refractivity contribution is 5.89. The van der Waals surface area contributed by atoms with Crippen LogP contribution in [-0.4, -0.2) is 16.3 Å². The summed E-state index contributed by atoms with van der Waals surface area (Å²) in [5, 5.41) is 9.75. The van der Waals surface area contributed by atoms with E-state index in [1.54, 1.807) is 6.07 Å². The lowest BCUT2D eigenvalue weighted by atomic mass is 10.0. The summed E-state index contributed by atoms with van der Waals surface area (Å²) in [6, 6.07) is 31.7. The normalized spacial score (nSPS) is 11.2. The Bertz CT molecular complexity index is 1440. The molecular weight excluding hydrogens is 437 g/mol. The zero-order chi connectivity index (χ0) is 24.2. The van der Waals surface area contributed by atoms with Gasteiger partial charge in [0.05, 0.1) is 11.2 Å². The topological polar surface area (TPSA) is 34.4 Å². The van der Waals surface area contributed by atoms with Crippen molar-refractivity contribution in [3.05, 3.63) is 125 Å². The SMILES string of the molecule is Cc1ccccc1-c1c(F)c2cc(OCc3ccccc3)ccc2n1Cc1ccc(CCO)cc1. The molecule has 4 heteroatoms. The summed E-state index contributed by atoms with van der Waals surface area (Å²) in [6.07, 6.45) is 0.627. The minimum absolute atomic E-state index is 0.124. The van der Waals surface area contributed by atoms with Gasteiger partial charge in [-0.2, -0.15) is 0 Å². The van der Waals surface area contributed by atoms with Crippen LogP contribution in [0, 0.1) is 12.7 Å². The van der Waals surface area contributed by atoms with Gasteiger partial charge >= 0.3 is 0 Å². The van der Waals surface area contributed by atoms with E-state index in [2.05, 4.69) is 4.57 Å². The summed E-state index contributed by atoms with van der Waals surface area (Å²) in [6.45, 7) is 3.10. The Balaban J connectivity index is 1.56. The summed E-state index contributed by atoms with van der Waals surface area (Å²) in [5.74, 6) is 0.401. The second-order valence-electron chi connectivity index (χ2n) is 8.81. The molecule has 4 aromatic carbocycles. The molecule has 0 saturated carbocycles. The van der Waals surface area contributed by atoms with Crippen LogP contribution in [0.1, 0.15) is 22.3 Å². The number of aliphatic hydroxyl groups excluding tert-OH is 1. The Morgan fingerprint density at radius 2 is 1.51 bits per heavy atom. The number of ether oxygens (including phenoxy) is 1. The molecule has 3 nitrogen and oxygen atoms in total. The van der Waals surface area contributed by atoms with Crippen LogP contribution >= 0.6 is 0 Å². The van der Waals surface area contributed by atoms with Gasteiger partial charge in [0, 0.05) is 24.1 Å². The van der Waals surface area contributed by atoms with Gasteiger partial charge < -0.3 is 14.4 Å². The molecule has 0 saturated heterocycles. The fraction of sp³-hybridized carbons (Fsp3) is 0.161. The van der Waals surface area contributed by atoms with Crippen LogP contribution in [0.3, 0.4) is 0 Å². The molecule has 0 spiro atoms. The quantitative estimate of drug-likeness (QED) is 0.270. The first-order valence-electron chi connectivity index (χ1n) is 11.9. The molecule has 0 bridgehead atoms. The van der Waals surface area contributed by atoms with Gasteiger partial charge in [0.2, 0.25) is 0 Å². The Hall–Kier alpha value is -3.89. The monoisotopic (exact) mass is 465 g/mol. The molecule has 0 aliphatic heterocycles. The standard InChI is InChI=1S/C31H28FNO2/c1-22-7-5-6-10-27(22)31-30(32)28-19-26(35-21-25-8-3-2-4-9-25)15-16-29(28)33(31)20-24-13-11-23(12-14-24)17-18-34/h2-16,19,34H,17-18,20-21H2,1H3. The largest absolute Gasteiger partial charge is 0.489 e. The molecule has 0 amide bonds. The maximum atomic E-state index is 16.1. The van der Waals surface area contributed by atoms with Crippen molar-refractivity contribution < 1.29 is 14.2 Å². The van der Waals surface area contributed by atoms with E-state index in [-0.39, 0.29) is 12.4 Å². The highest BCUT2D eigenvalue weighted by atomic mass is 19.1. The highest BCUT2D eigenvalue weighted by Crippen LogP contribution is 2.36. The summed E-state index contributed by atoms with van der Waals surface area (Å²) < 4.78 is 24.1. The van der Waals surface area contributed by atoms with E-state index >= 15 is 4.39 Å².